The number of ketones is 1. The fourth-order valence-corrected chi connectivity index (χ4v) is 1.03. The van der Waals surface area contributed by atoms with Crippen LogP contribution in [0.1, 0.15) is 12.5 Å². The van der Waals surface area contributed by atoms with Crippen LogP contribution in [0.2, 0.25) is 0 Å². The maximum absolute atomic E-state index is 11.0. The van der Waals surface area contributed by atoms with Crippen LogP contribution in [0.5, 0.6) is 0 Å². The minimum atomic E-state index is -1.42. The van der Waals surface area contributed by atoms with Gasteiger partial charge in [0.05, 0.1) is 0 Å². The fourth-order valence-electron chi connectivity index (χ4n) is 1.03. The molecular formula is C11H10O3. The zero-order valence-electron chi connectivity index (χ0n) is 7.73. The lowest BCUT2D eigenvalue weighted by Gasteiger charge is -1.95. The first-order valence-corrected chi connectivity index (χ1v) is 4.12. The highest BCUT2D eigenvalue weighted by molar-refractivity contribution is 6.40. The topological polar surface area (TPSA) is 54.4 Å². The van der Waals surface area contributed by atoms with Gasteiger partial charge >= 0.3 is 5.97 Å². The van der Waals surface area contributed by atoms with Gasteiger partial charge in [-0.15, -0.1) is 0 Å². The van der Waals surface area contributed by atoms with E-state index in [1.54, 1.807) is 18.2 Å². The fraction of sp³-hybridized carbons (Fsp3) is 0.0909. The van der Waals surface area contributed by atoms with Crippen LogP contribution in [0.3, 0.4) is 0 Å². The first-order chi connectivity index (χ1) is 6.61. The molecule has 0 aliphatic rings. The molecule has 0 amide bonds. The molecule has 1 aromatic carbocycles. The first kappa shape index (κ1) is 10.2. The number of benzene rings is 1. The van der Waals surface area contributed by atoms with Crippen molar-refractivity contribution in [3.8, 4) is 0 Å². The number of Topliss-reactive ketones (excluding diaryl/α,β-unsaturated/α-hetero) is 1. The van der Waals surface area contributed by atoms with E-state index in [9.17, 15) is 9.59 Å². The molecule has 0 aliphatic heterocycles. The van der Waals surface area contributed by atoms with Crippen LogP contribution >= 0.6 is 0 Å². The van der Waals surface area contributed by atoms with E-state index in [4.69, 9.17) is 5.11 Å². The van der Waals surface area contributed by atoms with Gasteiger partial charge in [-0.3, -0.25) is 4.79 Å². The van der Waals surface area contributed by atoms with Gasteiger partial charge in [-0.25, -0.2) is 4.79 Å². The average Bonchev–Trinajstić information content (AvgIpc) is 2.18. The molecule has 0 atom stereocenters. The molecule has 1 N–H and O–H groups in total. The summed E-state index contributed by atoms with van der Waals surface area (Å²) in [4.78, 5) is 21.3. The predicted molar refractivity (Wildman–Crippen MR) is 52.7 cm³/mol. The second-order valence-electron chi connectivity index (χ2n) is 2.87. The van der Waals surface area contributed by atoms with Gasteiger partial charge in [0.25, 0.3) is 5.78 Å². The summed E-state index contributed by atoms with van der Waals surface area (Å²) < 4.78 is 0. The number of aliphatic carboxylic acids is 1. The Morgan fingerprint density at radius 1 is 1.21 bits per heavy atom. The summed E-state index contributed by atoms with van der Waals surface area (Å²) in [7, 11) is 0. The van der Waals surface area contributed by atoms with E-state index in [0.717, 1.165) is 5.56 Å². The van der Waals surface area contributed by atoms with Crippen LogP contribution in [-0.2, 0) is 9.59 Å². The van der Waals surface area contributed by atoms with Crippen molar-refractivity contribution < 1.29 is 14.7 Å². The highest BCUT2D eigenvalue weighted by Gasteiger charge is 2.12. The zero-order valence-corrected chi connectivity index (χ0v) is 7.73. The molecule has 3 heteroatoms. The normalized spacial score (nSPS) is 11.1. The Morgan fingerprint density at radius 2 is 1.79 bits per heavy atom. The minimum absolute atomic E-state index is 0.226. The summed E-state index contributed by atoms with van der Waals surface area (Å²) >= 11 is 0. The van der Waals surface area contributed by atoms with Crippen molar-refractivity contribution in [2.75, 3.05) is 0 Å². The van der Waals surface area contributed by atoms with Gasteiger partial charge < -0.3 is 5.11 Å². The molecule has 72 valence electrons. The average molecular weight is 190 g/mol. The maximum atomic E-state index is 11.0. The Kier molecular flexibility index (Phi) is 3.18. The summed E-state index contributed by atoms with van der Waals surface area (Å²) in [6.07, 6.45) is 1.55. The molecule has 0 fully saturated rings. The van der Waals surface area contributed by atoms with Crippen molar-refractivity contribution in [3.05, 3.63) is 41.5 Å². The lowest BCUT2D eigenvalue weighted by atomic mass is 10.1. The van der Waals surface area contributed by atoms with E-state index in [1.165, 1.54) is 6.92 Å². The van der Waals surface area contributed by atoms with Crippen molar-refractivity contribution in [1.29, 1.82) is 0 Å². The number of carbonyl (C=O) groups is 2. The smallest absolute Gasteiger partial charge is 0.376 e. The van der Waals surface area contributed by atoms with E-state index in [2.05, 4.69) is 0 Å². The lowest BCUT2D eigenvalue weighted by molar-refractivity contribution is -0.147. The van der Waals surface area contributed by atoms with Crippen molar-refractivity contribution >= 4 is 17.8 Å². The van der Waals surface area contributed by atoms with Crippen LogP contribution in [-0.4, -0.2) is 16.9 Å². The van der Waals surface area contributed by atoms with Crippen molar-refractivity contribution in [2.24, 2.45) is 0 Å². The Bertz CT molecular complexity index is 377. The Morgan fingerprint density at radius 3 is 2.29 bits per heavy atom. The number of carboxylic acids is 1. The monoisotopic (exact) mass is 190 g/mol. The third kappa shape index (κ3) is 2.55. The molecule has 0 heterocycles. The standard InChI is InChI=1S/C11H10O3/c1-8(10(12)11(13)14)7-9-5-3-2-4-6-9/h2-7H,1H3,(H,13,14). The summed E-state index contributed by atoms with van der Waals surface area (Å²) in [5.41, 5.74) is 1.04. The van der Waals surface area contributed by atoms with Crippen LogP contribution in [0.4, 0.5) is 0 Å². The number of rotatable bonds is 3. The molecule has 14 heavy (non-hydrogen) atoms. The molecular weight excluding hydrogens is 180 g/mol. The van der Waals surface area contributed by atoms with E-state index in [1.807, 2.05) is 18.2 Å². The van der Waals surface area contributed by atoms with Crippen LogP contribution < -0.4 is 0 Å². The Hall–Kier alpha value is -1.90. The Labute approximate surface area is 81.7 Å². The van der Waals surface area contributed by atoms with Gasteiger partial charge in [0.1, 0.15) is 0 Å². The predicted octanol–water partition coefficient (Wildman–Crippen LogP) is 1.74. The molecule has 1 rings (SSSR count). The summed E-state index contributed by atoms with van der Waals surface area (Å²) in [5, 5.41) is 8.44. The molecule has 3 nitrogen and oxygen atoms in total. The third-order valence-corrected chi connectivity index (χ3v) is 1.74. The zero-order chi connectivity index (χ0) is 10.6. The largest absolute Gasteiger partial charge is 0.475 e. The summed E-state index contributed by atoms with van der Waals surface area (Å²) in [6, 6.07) is 9.11. The third-order valence-electron chi connectivity index (χ3n) is 1.74. The van der Waals surface area contributed by atoms with E-state index < -0.39 is 11.8 Å². The van der Waals surface area contributed by atoms with Crippen LogP contribution in [0.25, 0.3) is 6.08 Å². The van der Waals surface area contributed by atoms with Gasteiger partial charge in [0, 0.05) is 5.57 Å². The molecule has 0 spiro atoms. The van der Waals surface area contributed by atoms with Gasteiger partial charge in [-0.1, -0.05) is 30.3 Å². The van der Waals surface area contributed by atoms with Crippen molar-refractivity contribution in [2.45, 2.75) is 6.92 Å². The van der Waals surface area contributed by atoms with E-state index >= 15 is 0 Å². The van der Waals surface area contributed by atoms with Gasteiger partial charge in [-0.2, -0.15) is 0 Å². The highest BCUT2D eigenvalue weighted by atomic mass is 16.4. The SMILES string of the molecule is CC(=Cc1ccccc1)C(=O)C(=O)O. The molecule has 0 saturated heterocycles. The Balaban J connectivity index is 2.90. The van der Waals surface area contributed by atoms with Crippen LogP contribution in [0.15, 0.2) is 35.9 Å². The molecule has 1 aromatic rings. The van der Waals surface area contributed by atoms with Crippen LogP contribution in [0, 0.1) is 0 Å². The van der Waals surface area contributed by atoms with Gasteiger partial charge in [0.15, 0.2) is 0 Å². The van der Waals surface area contributed by atoms with E-state index in [0.29, 0.717) is 0 Å². The number of carboxylic acid groups (broad SMARTS) is 1. The van der Waals surface area contributed by atoms with E-state index in [-0.39, 0.29) is 5.57 Å². The molecule has 0 saturated carbocycles. The molecule has 0 aromatic heterocycles. The highest BCUT2D eigenvalue weighted by Crippen LogP contribution is 2.06. The number of hydrogen-bond donors (Lipinski definition) is 1. The summed E-state index contributed by atoms with van der Waals surface area (Å²) in [6.45, 7) is 1.49. The molecule has 0 aliphatic carbocycles. The van der Waals surface area contributed by atoms with Crippen molar-refractivity contribution in [3.63, 3.8) is 0 Å². The number of hydrogen-bond acceptors (Lipinski definition) is 2. The first-order valence-electron chi connectivity index (χ1n) is 4.12. The van der Waals surface area contributed by atoms with Crippen molar-refractivity contribution in [1.82, 2.24) is 0 Å². The van der Waals surface area contributed by atoms with Gasteiger partial charge in [-0.05, 0) is 18.6 Å². The summed E-state index contributed by atoms with van der Waals surface area (Å²) in [5.74, 6) is -2.29. The lowest BCUT2D eigenvalue weighted by Crippen LogP contribution is -2.13. The molecule has 0 bridgehead atoms. The molecule has 0 radical (unpaired) electrons. The second-order valence-corrected chi connectivity index (χ2v) is 2.87. The minimum Gasteiger partial charge on any atom is -0.475 e. The number of carbonyl (C=O) groups excluding carboxylic acids is 1. The second kappa shape index (κ2) is 4.37. The maximum Gasteiger partial charge on any atom is 0.376 e. The molecule has 0 unspecified atom stereocenters. The van der Waals surface area contributed by atoms with Gasteiger partial charge in [0.2, 0.25) is 0 Å². The quantitative estimate of drug-likeness (QED) is 0.583.